The Kier molecular flexibility index (Phi) is 6.97. The van der Waals surface area contributed by atoms with Crippen LogP contribution in [0.2, 0.25) is 0 Å². The normalized spacial score (nSPS) is 12.2. The van der Waals surface area contributed by atoms with Crippen molar-refractivity contribution in [2.75, 3.05) is 19.4 Å². The number of nitrogens with one attached hydrogen (secondary N) is 2. The fraction of sp³-hybridized carbons (Fsp3) is 0.364. The van der Waals surface area contributed by atoms with Crippen LogP contribution in [0, 0.1) is 0 Å². The van der Waals surface area contributed by atoms with Gasteiger partial charge in [0.05, 0.1) is 0 Å². The number of carbonyl (C=O) groups is 1. The standard InChI is InChI=1S/C22H29N3OS/c1-16(15-22(2,3)18-9-7-6-8-10-18)23-21(27)24-19-13-11-17(12-14-19)20(26)25(4)5/h6-14,16H,15H2,1-5H3,(H2,23,24,27)/t16-/m1/s1. The van der Waals surface area contributed by atoms with Crippen LogP contribution in [0.25, 0.3) is 0 Å². The third kappa shape index (κ3) is 6.07. The maximum atomic E-state index is 11.9. The Morgan fingerprint density at radius 1 is 1.07 bits per heavy atom. The van der Waals surface area contributed by atoms with Crippen LogP contribution in [0.15, 0.2) is 54.6 Å². The zero-order chi connectivity index (χ0) is 20.0. The van der Waals surface area contributed by atoms with Crippen LogP contribution in [-0.4, -0.2) is 36.1 Å². The highest BCUT2D eigenvalue weighted by Gasteiger charge is 2.23. The molecule has 0 saturated carbocycles. The van der Waals surface area contributed by atoms with Gasteiger partial charge in [0.1, 0.15) is 0 Å². The third-order valence-electron chi connectivity index (χ3n) is 4.55. The molecule has 2 aromatic rings. The van der Waals surface area contributed by atoms with Crippen LogP contribution < -0.4 is 10.6 Å². The molecule has 0 bridgehead atoms. The Hall–Kier alpha value is -2.40. The van der Waals surface area contributed by atoms with E-state index < -0.39 is 0 Å². The topological polar surface area (TPSA) is 44.4 Å². The number of hydrogen-bond acceptors (Lipinski definition) is 2. The Morgan fingerprint density at radius 2 is 1.67 bits per heavy atom. The molecule has 0 aliphatic rings. The Balaban J connectivity index is 1.90. The van der Waals surface area contributed by atoms with Gasteiger partial charge in [-0.25, -0.2) is 0 Å². The lowest BCUT2D eigenvalue weighted by molar-refractivity contribution is 0.0827. The number of rotatable bonds is 6. The molecule has 0 fully saturated rings. The summed E-state index contributed by atoms with van der Waals surface area (Å²) in [7, 11) is 3.48. The summed E-state index contributed by atoms with van der Waals surface area (Å²) in [5, 5.41) is 7.13. The highest BCUT2D eigenvalue weighted by atomic mass is 32.1. The van der Waals surface area contributed by atoms with Crippen molar-refractivity contribution < 1.29 is 4.79 Å². The molecule has 0 aliphatic heterocycles. The first-order valence-corrected chi connectivity index (χ1v) is 9.54. The molecule has 5 heteroatoms. The van der Waals surface area contributed by atoms with E-state index in [0.29, 0.717) is 10.7 Å². The zero-order valence-electron chi connectivity index (χ0n) is 16.7. The predicted molar refractivity (Wildman–Crippen MR) is 117 cm³/mol. The maximum Gasteiger partial charge on any atom is 0.253 e. The van der Waals surface area contributed by atoms with Crippen molar-refractivity contribution in [1.82, 2.24) is 10.2 Å². The summed E-state index contributed by atoms with van der Waals surface area (Å²) in [4.78, 5) is 13.5. The first kappa shape index (κ1) is 20.9. The number of hydrogen-bond donors (Lipinski definition) is 2. The smallest absolute Gasteiger partial charge is 0.253 e. The molecule has 27 heavy (non-hydrogen) atoms. The molecule has 0 aliphatic carbocycles. The Labute approximate surface area is 168 Å². The number of anilines is 1. The monoisotopic (exact) mass is 383 g/mol. The molecule has 144 valence electrons. The summed E-state index contributed by atoms with van der Waals surface area (Å²) in [5.74, 6) is -0.0148. The summed E-state index contributed by atoms with van der Waals surface area (Å²) in [6, 6.07) is 18.1. The van der Waals surface area contributed by atoms with E-state index in [0.717, 1.165) is 12.1 Å². The van der Waals surface area contributed by atoms with Gasteiger partial charge in [-0.1, -0.05) is 44.2 Å². The highest BCUT2D eigenvalue weighted by Crippen LogP contribution is 2.28. The molecule has 2 N–H and O–H groups in total. The molecule has 0 spiro atoms. The van der Waals surface area contributed by atoms with Crippen molar-refractivity contribution >= 4 is 28.9 Å². The van der Waals surface area contributed by atoms with E-state index in [1.165, 1.54) is 5.56 Å². The molecule has 0 saturated heterocycles. The van der Waals surface area contributed by atoms with E-state index >= 15 is 0 Å². The van der Waals surface area contributed by atoms with E-state index in [-0.39, 0.29) is 17.4 Å². The van der Waals surface area contributed by atoms with Crippen LogP contribution in [-0.2, 0) is 5.41 Å². The molecule has 1 atom stereocenters. The fourth-order valence-electron chi connectivity index (χ4n) is 3.17. The van der Waals surface area contributed by atoms with Gasteiger partial charge >= 0.3 is 0 Å². The van der Waals surface area contributed by atoms with Crippen LogP contribution in [0.1, 0.15) is 43.1 Å². The largest absolute Gasteiger partial charge is 0.360 e. The summed E-state index contributed by atoms with van der Waals surface area (Å²) in [6.45, 7) is 6.63. The van der Waals surface area contributed by atoms with Crippen molar-refractivity contribution in [2.45, 2.75) is 38.6 Å². The number of thiocarbonyl (C=S) groups is 1. The molecule has 4 nitrogen and oxygen atoms in total. The van der Waals surface area contributed by atoms with Crippen molar-refractivity contribution in [2.24, 2.45) is 0 Å². The van der Waals surface area contributed by atoms with Gasteiger partial charge in [0.2, 0.25) is 0 Å². The third-order valence-corrected chi connectivity index (χ3v) is 4.77. The molecule has 0 unspecified atom stereocenters. The van der Waals surface area contributed by atoms with Crippen molar-refractivity contribution in [3.8, 4) is 0 Å². The second-order valence-corrected chi connectivity index (χ2v) is 8.14. The average molecular weight is 384 g/mol. The summed E-state index contributed by atoms with van der Waals surface area (Å²) in [6.07, 6.45) is 0.953. The number of amides is 1. The summed E-state index contributed by atoms with van der Waals surface area (Å²) < 4.78 is 0. The minimum atomic E-state index is -0.0148. The summed E-state index contributed by atoms with van der Waals surface area (Å²) >= 11 is 5.45. The maximum absolute atomic E-state index is 11.9. The van der Waals surface area contributed by atoms with Crippen molar-refractivity contribution in [3.05, 3.63) is 65.7 Å². The molecular weight excluding hydrogens is 354 g/mol. The van der Waals surface area contributed by atoms with E-state index in [1.807, 2.05) is 18.2 Å². The zero-order valence-corrected chi connectivity index (χ0v) is 17.6. The molecule has 0 radical (unpaired) electrons. The number of benzene rings is 2. The minimum Gasteiger partial charge on any atom is -0.360 e. The Bertz CT molecular complexity index is 770. The van der Waals surface area contributed by atoms with Crippen LogP contribution >= 0.6 is 12.2 Å². The lowest BCUT2D eigenvalue weighted by atomic mass is 9.79. The highest BCUT2D eigenvalue weighted by molar-refractivity contribution is 7.80. The van der Waals surface area contributed by atoms with Crippen LogP contribution in [0.3, 0.4) is 0 Å². The van der Waals surface area contributed by atoms with Gasteiger partial charge in [0.25, 0.3) is 5.91 Å². The first-order valence-electron chi connectivity index (χ1n) is 9.14. The molecular formula is C22H29N3OS. The van der Waals surface area contributed by atoms with Crippen LogP contribution in [0.5, 0.6) is 0 Å². The Morgan fingerprint density at radius 3 is 2.22 bits per heavy atom. The fourth-order valence-corrected chi connectivity index (χ4v) is 3.49. The van der Waals surface area contributed by atoms with Gasteiger partial charge < -0.3 is 15.5 Å². The van der Waals surface area contributed by atoms with Crippen molar-refractivity contribution in [3.63, 3.8) is 0 Å². The van der Waals surface area contributed by atoms with Gasteiger partial charge in [-0.2, -0.15) is 0 Å². The lowest BCUT2D eigenvalue weighted by Crippen LogP contribution is -2.39. The van der Waals surface area contributed by atoms with E-state index in [1.54, 1.807) is 31.1 Å². The van der Waals surface area contributed by atoms with Gasteiger partial charge in [-0.05, 0) is 60.8 Å². The van der Waals surface area contributed by atoms with E-state index in [4.69, 9.17) is 12.2 Å². The van der Waals surface area contributed by atoms with Crippen molar-refractivity contribution in [1.29, 1.82) is 0 Å². The molecule has 0 aromatic heterocycles. The first-order chi connectivity index (χ1) is 12.7. The predicted octanol–water partition coefficient (Wildman–Crippen LogP) is 4.43. The quantitative estimate of drug-likeness (QED) is 0.724. The van der Waals surface area contributed by atoms with Gasteiger partial charge in [-0.3, -0.25) is 4.79 Å². The molecule has 2 aromatic carbocycles. The van der Waals surface area contributed by atoms with Gasteiger partial charge in [-0.15, -0.1) is 0 Å². The van der Waals surface area contributed by atoms with Gasteiger partial charge in [0.15, 0.2) is 5.11 Å². The number of carbonyl (C=O) groups excluding carboxylic acids is 1. The minimum absolute atomic E-state index is 0.0148. The second kappa shape index (κ2) is 9.00. The lowest BCUT2D eigenvalue weighted by Gasteiger charge is -2.29. The van der Waals surface area contributed by atoms with E-state index in [9.17, 15) is 4.79 Å². The molecule has 2 rings (SSSR count). The number of nitrogens with zero attached hydrogens (tertiary/aromatic N) is 1. The van der Waals surface area contributed by atoms with E-state index in [2.05, 4.69) is 55.7 Å². The summed E-state index contributed by atoms with van der Waals surface area (Å²) in [5.41, 5.74) is 2.88. The van der Waals surface area contributed by atoms with Gasteiger partial charge in [0, 0.05) is 31.4 Å². The average Bonchev–Trinajstić information content (AvgIpc) is 2.61. The van der Waals surface area contributed by atoms with Crippen LogP contribution in [0.4, 0.5) is 5.69 Å². The SMILES string of the molecule is C[C@H](CC(C)(C)c1ccccc1)NC(=S)Nc1ccc(C(=O)N(C)C)cc1. The second-order valence-electron chi connectivity index (χ2n) is 7.73. The molecule has 0 heterocycles. The molecule has 1 amide bonds.